The highest BCUT2D eigenvalue weighted by Gasteiger charge is 2.28. The number of imidazole rings is 1. The third-order valence-electron chi connectivity index (χ3n) is 3.69. The van der Waals surface area contributed by atoms with E-state index in [0.717, 1.165) is 16.9 Å². The molecule has 0 spiro atoms. The molecule has 0 aliphatic heterocycles. The van der Waals surface area contributed by atoms with Gasteiger partial charge in [-0.1, -0.05) is 12.1 Å². The fraction of sp³-hybridized carbons (Fsp3) is 0.533. The van der Waals surface area contributed by atoms with Crippen molar-refractivity contribution in [1.82, 2.24) is 9.55 Å². The Morgan fingerprint density at radius 3 is 2.68 bits per heavy atom. The molecule has 0 bridgehead atoms. The van der Waals surface area contributed by atoms with Gasteiger partial charge in [0, 0.05) is 26.1 Å². The maximum atomic E-state index is 6.28. The molecular weight excluding hydrogens is 238 g/mol. The van der Waals surface area contributed by atoms with Crippen LogP contribution in [0.5, 0.6) is 0 Å². The van der Waals surface area contributed by atoms with Gasteiger partial charge in [0.15, 0.2) is 0 Å². The van der Waals surface area contributed by atoms with Gasteiger partial charge in [-0.3, -0.25) is 0 Å². The Balaban J connectivity index is 2.24. The molecule has 2 rings (SSSR count). The van der Waals surface area contributed by atoms with Gasteiger partial charge in [-0.15, -0.1) is 0 Å². The minimum absolute atomic E-state index is 0.0806. The number of nitrogens with zero attached hydrogens (tertiary/aromatic N) is 2. The SMILES string of the molecule is CCOC(C)(C)C(N)Cc1nc2ccccc2n1C. The van der Waals surface area contributed by atoms with E-state index in [0.29, 0.717) is 13.0 Å². The summed E-state index contributed by atoms with van der Waals surface area (Å²) in [5, 5.41) is 0. The van der Waals surface area contributed by atoms with Crippen molar-refractivity contribution in [2.24, 2.45) is 12.8 Å². The second-order valence-electron chi connectivity index (χ2n) is 5.42. The number of benzene rings is 1. The molecular formula is C15H23N3O. The van der Waals surface area contributed by atoms with Crippen LogP contribution in [0, 0.1) is 0 Å². The summed E-state index contributed by atoms with van der Waals surface area (Å²) in [4.78, 5) is 4.65. The van der Waals surface area contributed by atoms with Gasteiger partial charge in [-0.2, -0.15) is 0 Å². The average molecular weight is 261 g/mol. The van der Waals surface area contributed by atoms with Crippen molar-refractivity contribution in [2.45, 2.75) is 38.8 Å². The van der Waals surface area contributed by atoms with Crippen molar-refractivity contribution in [3.63, 3.8) is 0 Å². The summed E-state index contributed by atoms with van der Waals surface area (Å²) in [6.07, 6.45) is 0.707. The summed E-state index contributed by atoms with van der Waals surface area (Å²) < 4.78 is 7.82. The number of para-hydroxylation sites is 2. The molecule has 0 fully saturated rings. The maximum Gasteiger partial charge on any atom is 0.111 e. The van der Waals surface area contributed by atoms with Gasteiger partial charge >= 0.3 is 0 Å². The molecule has 1 atom stereocenters. The van der Waals surface area contributed by atoms with E-state index < -0.39 is 0 Å². The smallest absolute Gasteiger partial charge is 0.111 e. The Labute approximate surface area is 114 Å². The average Bonchev–Trinajstić information content (AvgIpc) is 2.67. The Morgan fingerprint density at radius 1 is 1.37 bits per heavy atom. The summed E-state index contributed by atoms with van der Waals surface area (Å²) >= 11 is 0. The molecule has 0 saturated heterocycles. The number of aromatic nitrogens is 2. The van der Waals surface area contributed by atoms with Gasteiger partial charge < -0.3 is 15.0 Å². The van der Waals surface area contributed by atoms with E-state index in [9.17, 15) is 0 Å². The third-order valence-corrected chi connectivity index (χ3v) is 3.69. The molecule has 19 heavy (non-hydrogen) atoms. The molecule has 4 nitrogen and oxygen atoms in total. The third kappa shape index (κ3) is 2.80. The molecule has 2 N–H and O–H groups in total. The second-order valence-corrected chi connectivity index (χ2v) is 5.42. The van der Waals surface area contributed by atoms with E-state index >= 15 is 0 Å². The van der Waals surface area contributed by atoms with Crippen molar-refractivity contribution in [1.29, 1.82) is 0 Å². The van der Waals surface area contributed by atoms with Crippen molar-refractivity contribution >= 4 is 11.0 Å². The Kier molecular flexibility index (Phi) is 3.92. The predicted molar refractivity (Wildman–Crippen MR) is 78.1 cm³/mol. The van der Waals surface area contributed by atoms with Crippen LogP contribution in [-0.4, -0.2) is 27.8 Å². The molecule has 0 aliphatic rings. The summed E-state index contributed by atoms with van der Waals surface area (Å²) in [6.45, 7) is 6.72. The van der Waals surface area contributed by atoms with Gasteiger partial charge in [0.05, 0.1) is 16.6 Å². The number of hydrogen-bond donors (Lipinski definition) is 1. The fourth-order valence-corrected chi connectivity index (χ4v) is 2.30. The molecule has 104 valence electrons. The molecule has 1 aromatic carbocycles. The zero-order valence-corrected chi connectivity index (χ0v) is 12.2. The van der Waals surface area contributed by atoms with E-state index in [1.165, 1.54) is 0 Å². The molecule has 0 amide bonds. The Hall–Kier alpha value is -1.39. The first-order valence-corrected chi connectivity index (χ1v) is 6.75. The monoisotopic (exact) mass is 261 g/mol. The van der Waals surface area contributed by atoms with E-state index in [1.807, 2.05) is 46.0 Å². The molecule has 1 unspecified atom stereocenters. The number of rotatable bonds is 5. The summed E-state index contributed by atoms with van der Waals surface area (Å²) in [5.41, 5.74) is 8.09. The lowest BCUT2D eigenvalue weighted by Gasteiger charge is -2.31. The molecule has 2 aromatic rings. The topological polar surface area (TPSA) is 53.1 Å². The van der Waals surface area contributed by atoms with Crippen LogP contribution in [0.3, 0.4) is 0 Å². The molecule has 4 heteroatoms. The maximum absolute atomic E-state index is 6.28. The van der Waals surface area contributed by atoms with Crippen LogP contribution < -0.4 is 5.73 Å². The summed E-state index contributed by atoms with van der Waals surface area (Å²) in [7, 11) is 2.03. The van der Waals surface area contributed by atoms with Crippen LogP contribution in [-0.2, 0) is 18.2 Å². The van der Waals surface area contributed by atoms with Gasteiger partial charge in [0.2, 0.25) is 0 Å². The number of hydrogen-bond acceptors (Lipinski definition) is 3. The van der Waals surface area contributed by atoms with Gasteiger partial charge in [0.1, 0.15) is 5.82 Å². The molecule has 0 radical (unpaired) electrons. The van der Waals surface area contributed by atoms with E-state index in [2.05, 4.69) is 15.6 Å². The lowest BCUT2D eigenvalue weighted by Crippen LogP contribution is -2.47. The normalized spacial score (nSPS) is 13.9. The minimum atomic E-state index is -0.340. The van der Waals surface area contributed by atoms with Crippen LogP contribution in [0.2, 0.25) is 0 Å². The van der Waals surface area contributed by atoms with E-state index in [1.54, 1.807) is 0 Å². The molecule has 0 saturated carbocycles. The zero-order chi connectivity index (χ0) is 14.0. The number of aryl methyl sites for hydroxylation is 1. The largest absolute Gasteiger partial charge is 0.374 e. The predicted octanol–water partition coefficient (Wildman–Crippen LogP) is 2.26. The van der Waals surface area contributed by atoms with Crippen molar-refractivity contribution in [3.8, 4) is 0 Å². The van der Waals surface area contributed by atoms with Crippen molar-refractivity contribution in [2.75, 3.05) is 6.61 Å². The molecule has 0 aliphatic carbocycles. The lowest BCUT2D eigenvalue weighted by molar-refractivity contribution is -0.0293. The van der Waals surface area contributed by atoms with Crippen LogP contribution >= 0.6 is 0 Å². The first-order valence-electron chi connectivity index (χ1n) is 6.75. The first-order chi connectivity index (χ1) is 8.95. The quantitative estimate of drug-likeness (QED) is 0.898. The minimum Gasteiger partial charge on any atom is -0.374 e. The first kappa shape index (κ1) is 14.0. The standard InChI is InChI=1S/C15H23N3O/c1-5-19-15(2,3)13(16)10-14-17-11-8-6-7-9-12(11)18(14)4/h6-9,13H,5,10,16H2,1-4H3. The Morgan fingerprint density at radius 2 is 2.05 bits per heavy atom. The van der Waals surface area contributed by atoms with Crippen molar-refractivity contribution < 1.29 is 4.74 Å². The number of ether oxygens (including phenoxy) is 1. The van der Waals surface area contributed by atoms with Crippen LogP contribution in [0.4, 0.5) is 0 Å². The molecule has 1 aromatic heterocycles. The highest BCUT2D eigenvalue weighted by molar-refractivity contribution is 5.75. The highest BCUT2D eigenvalue weighted by Crippen LogP contribution is 2.20. The van der Waals surface area contributed by atoms with E-state index in [4.69, 9.17) is 10.5 Å². The highest BCUT2D eigenvalue weighted by atomic mass is 16.5. The van der Waals surface area contributed by atoms with Gasteiger partial charge in [0.25, 0.3) is 0 Å². The molecule has 1 heterocycles. The lowest BCUT2D eigenvalue weighted by atomic mass is 9.96. The van der Waals surface area contributed by atoms with Crippen LogP contribution in [0.15, 0.2) is 24.3 Å². The fourth-order valence-electron chi connectivity index (χ4n) is 2.30. The second kappa shape index (κ2) is 5.31. The summed E-state index contributed by atoms with van der Waals surface area (Å²) in [5.74, 6) is 1.00. The van der Waals surface area contributed by atoms with Gasteiger partial charge in [-0.05, 0) is 32.9 Å². The zero-order valence-electron chi connectivity index (χ0n) is 12.2. The van der Waals surface area contributed by atoms with Crippen molar-refractivity contribution in [3.05, 3.63) is 30.1 Å². The van der Waals surface area contributed by atoms with Crippen LogP contribution in [0.25, 0.3) is 11.0 Å². The van der Waals surface area contributed by atoms with E-state index in [-0.39, 0.29) is 11.6 Å². The number of nitrogens with two attached hydrogens (primary N) is 1. The number of fused-ring (bicyclic) bond motifs is 1. The van der Waals surface area contributed by atoms with Gasteiger partial charge in [-0.25, -0.2) is 4.98 Å². The van der Waals surface area contributed by atoms with Crippen LogP contribution in [0.1, 0.15) is 26.6 Å². The Bertz CT molecular complexity index is 560. The summed E-state index contributed by atoms with van der Waals surface area (Å²) in [6, 6.07) is 8.05.